The Hall–Kier alpha value is -2.32. The second kappa shape index (κ2) is 5.35. The molecule has 0 spiro atoms. The lowest BCUT2D eigenvalue weighted by molar-refractivity contribution is -0.0442. The molecule has 0 aliphatic carbocycles. The maximum atomic E-state index is 10.2. The molecule has 4 heterocycles. The monoisotopic (exact) mass is 344 g/mol. The first kappa shape index (κ1) is 15.2. The number of ether oxygens (including phenoxy) is 1. The van der Waals surface area contributed by atoms with Gasteiger partial charge in [-0.15, -0.1) is 11.3 Å². The van der Waals surface area contributed by atoms with Crippen molar-refractivity contribution in [1.82, 2.24) is 20.1 Å². The van der Waals surface area contributed by atoms with Gasteiger partial charge in [-0.05, 0) is 26.8 Å². The fourth-order valence-corrected chi connectivity index (χ4v) is 3.20. The summed E-state index contributed by atoms with van der Waals surface area (Å²) in [6, 6.07) is 1.87. The number of aryl methyl sites for hydroxylation is 1. The van der Waals surface area contributed by atoms with Gasteiger partial charge in [0, 0.05) is 29.3 Å². The number of aliphatic hydroxyl groups excluding tert-OH is 1. The number of hydrogen-bond donors (Lipinski definition) is 1. The van der Waals surface area contributed by atoms with Crippen LogP contribution in [-0.2, 0) is 6.42 Å². The molecule has 3 aromatic rings. The molecule has 3 aromatic heterocycles. The third-order valence-corrected chi connectivity index (χ3v) is 4.90. The van der Waals surface area contributed by atoms with Crippen LogP contribution in [0.15, 0.2) is 23.0 Å². The second-order valence-corrected chi connectivity index (χ2v) is 7.55. The van der Waals surface area contributed by atoms with Crippen molar-refractivity contribution in [2.75, 3.05) is 0 Å². The summed E-state index contributed by atoms with van der Waals surface area (Å²) in [5.74, 6) is 1.36. The number of aromatic nitrogens is 4. The molecule has 0 aromatic carbocycles. The molecular formula is C16H16N4O3S. The molecule has 4 rings (SSSR count). The van der Waals surface area contributed by atoms with Gasteiger partial charge >= 0.3 is 0 Å². The van der Waals surface area contributed by atoms with Crippen molar-refractivity contribution in [2.24, 2.45) is 0 Å². The van der Waals surface area contributed by atoms with E-state index in [1.807, 2.05) is 26.8 Å². The summed E-state index contributed by atoms with van der Waals surface area (Å²) in [4.78, 5) is 14.1. The van der Waals surface area contributed by atoms with E-state index in [-0.39, 0.29) is 0 Å². The largest absolute Gasteiger partial charge is 0.469 e. The van der Waals surface area contributed by atoms with Gasteiger partial charge in [0.05, 0.1) is 11.7 Å². The Kier molecular flexibility index (Phi) is 3.40. The molecule has 1 N–H and O–H groups in total. The van der Waals surface area contributed by atoms with Gasteiger partial charge in [0.25, 0.3) is 5.89 Å². The van der Waals surface area contributed by atoms with E-state index in [9.17, 15) is 5.11 Å². The van der Waals surface area contributed by atoms with E-state index < -0.39 is 11.7 Å². The van der Waals surface area contributed by atoms with Crippen molar-refractivity contribution in [2.45, 2.75) is 38.9 Å². The normalized spacial score (nSPS) is 18.9. The van der Waals surface area contributed by atoms with E-state index in [1.54, 1.807) is 12.4 Å². The van der Waals surface area contributed by atoms with E-state index >= 15 is 0 Å². The highest BCUT2D eigenvalue weighted by Crippen LogP contribution is 2.34. The number of hydrogen-bond acceptors (Lipinski definition) is 8. The molecule has 0 saturated heterocycles. The molecule has 0 unspecified atom stereocenters. The average Bonchev–Trinajstić information content (AvgIpc) is 3.16. The maximum absolute atomic E-state index is 10.2. The first-order valence-electron chi connectivity index (χ1n) is 7.55. The highest BCUT2D eigenvalue weighted by atomic mass is 32.1. The molecule has 124 valence electrons. The fourth-order valence-electron chi connectivity index (χ4n) is 2.51. The molecule has 7 nitrogen and oxygen atoms in total. The van der Waals surface area contributed by atoms with Crippen LogP contribution in [0, 0.1) is 6.92 Å². The number of rotatable bonds is 2. The average molecular weight is 344 g/mol. The predicted octanol–water partition coefficient (Wildman–Crippen LogP) is 2.64. The Labute approximate surface area is 142 Å². The van der Waals surface area contributed by atoms with Crippen LogP contribution in [0.3, 0.4) is 0 Å². The number of pyridine rings is 1. The van der Waals surface area contributed by atoms with Gasteiger partial charge in [-0.2, -0.15) is 4.98 Å². The van der Waals surface area contributed by atoms with Gasteiger partial charge in [-0.1, -0.05) is 5.16 Å². The third-order valence-electron chi connectivity index (χ3n) is 3.99. The molecule has 0 saturated carbocycles. The van der Waals surface area contributed by atoms with Gasteiger partial charge in [0.2, 0.25) is 11.7 Å². The van der Waals surface area contributed by atoms with Gasteiger partial charge in [-0.3, -0.25) is 0 Å². The zero-order valence-electron chi connectivity index (χ0n) is 13.5. The highest BCUT2D eigenvalue weighted by Gasteiger charge is 2.36. The summed E-state index contributed by atoms with van der Waals surface area (Å²) >= 11 is 1.51. The van der Waals surface area contributed by atoms with E-state index in [2.05, 4.69) is 20.1 Å². The van der Waals surface area contributed by atoms with Gasteiger partial charge in [-0.25, -0.2) is 9.97 Å². The van der Waals surface area contributed by atoms with E-state index in [0.717, 1.165) is 10.4 Å². The Morgan fingerprint density at radius 1 is 1.29 bits per heavy atom. The van der Waals surface area contributed by atoms with Crippen LogP contribution in [0.4, 0.5) is 0 Å². The zero-order valence-corrected chi connectivity index (χ0v) is 14.3. The molecule has 0 amide bonds. The Morgan fingerprint density at radius 2 is 2.12 bits per heavy atom. The highest BCUT2D eigenvalue weighted by molar-refractivity contribution is 7.14. The molecule has 8 heteroatoms. The Bertz CT molecular complexity index is 902. The summed E-state index contributed by atoms with van der Waals surface area (Å²) in [5.41, 5.74) is 0.863. The smallest absolute Gasteiger partial charge is 0.259 e. The van der Waals surface area contributed by atoms with Gasteiger partial charge in [0.1, 0.15) is 5.60 Å². The van der Waals surface area contributed by atoms with E-state index in [0.29, 0.717) is 34.6 Å². The Morgan fingerprint density at radius 3 is 2.88 bits per heavy atom. The van der Waals surface area contributed by atoms with Crippen LogP contribution in [0.1, 0.15) is 24.3 Å². The predicted molar refractivity (Wildman–Crippen MR) is 87.8 cm³/mol. The summed E-state index contributed by atoms with van der Waals surface area (Å²) in [7, 11) is 0. The van der Waals surface area contributed by atoms with Crippen LogP contribution in [-0.4, -0.2) is 36.9 Å². The van der Waals surface area contributed by atoms with Crippen molar-refractivity contribution in [3.8, 4) is 28.2 Å². The summed E-state index contributed by atoms with van der Waals surface area (Å²) < 4.78 is 11.1. The summed E-state index contributed by atoms with van der Waals surface area (Å²) in [5, 5.41) is 14.9. The van der Waals surface area contributed by atoms with E-state index in [4.69, 9.17) is 9.26 Å². The molecular weight excluding hydrogens is 328 g/mol. The topological polar surface area (TPSA) is 94.2 Å². The number of thiazole rings is 1. The minimum absolute atomic E-state index is 0.368. The van der Waals surface area contributed by atoms with Crippen molar-refractivity contribution in [3.05, 3.63) is 28.9 Å². The zero-order chi connectivity index (χ0) is 16.9. The molecule has 1 aliphatic heterocycles. The first-order chi connectivity index (χ1) is 11.4. The molecule has 0 radical (unpaired) electrons. The van der Waals surface area contributed by atoms with Crippen molar-refractivity contribution in [1.29, 1.82) is 0 Å². The second-order valence-electron chi connectivity index (χ2n) is 6.31. The standard InChI is InChI=1S/C16H16N4O3S/c1-8-6-18-15(24-8)12-19-14(23-20-12)10-4-9-5-11(21)16(2,3)22-13(9)17-7-10/h4,6-7,11,21H,5H2,1-3H3/t11-/m0/s1. The van der Waals surface area contributed by atoms with Crippen LogP contribution < -0.4 is 4.74 Å². The minimum atomic E-state index is -0.651. The number of aliphatic hydroxyl groups is 1. The third kappa shape index (κ3) is 2.57. The number of nitrogens with zero attached hydrogens (tertiary/aromatic N) is 4. The molecule has 1 aliphatic rings. The lowest BCUT2D eigenvalue weighted by atomic mass is 9.92. The SMILES string of the molecule is Cc1cnc(-c2noc(-c3cnc4c(c3)C[C@H](O)C(C)(C)O4)n2)s1. The van der Waals surface area contributed by atoms with Crippen LogP contribution in [0.25, 0.3) is 22.3 Å². The van der Waals surface area contributed by atoms with Crippen molar-refractivity contribution < 1.29 is 14.4 Å². The Balaban J connectivity index is 1.67. The number of fused-ring (bicyclic) bond motifs is 1. The lowest BCUT2D eigenvalue weighted by Crippen LogP contribution is -2.46. The quantitative estimate of drug-likeness (QED) is 0.763. The van der Waals surface area contributed by atoms with E-state index in [1.165, 1.54) is 11.3 Å². The summed E-state index contributed by atoms with van der Waals surface area (Å²) in [6.45, 7) is 5.66. The van der Waals surface area contributed by atoms with Crippen LogP contribution >= 0.6 is 11.3 Å². The molecule has 24 heavy (non-hydrogen) atoms. The molecule has 0 fully saturated rings. The fraction of sp³-hybridized carbons (Fsp3) is 0.375. The van der Waals surface area contributed by atoms with Crippen molar-refractivity contribution >= 4 is 11.3 Å². The van der Waals surface area contributed by atoms with Crippen LogP contribution in [0.5, 0.6) is 5.88 Å². The van der Waals surface area contributed by atoms with Crippen molar-refractivity contribution in [3.63, 3.8) is 0 Å². The minimum Gasteiger partial charge on any atom is -0.469 e. The molecule has 0 bridgehead atoms. The van der Waals surface area contributed by atoms with Gasteiger partial charge < -0.3 is 14.4 Å². The molecule has 1 atom stereocenters. The first-order valence-corrected chi connectivity index (χ1v) is 8.37. The van der Waals surface area contributed by atoms with Gasteiger partial charge in [0.15, 0.2) is 5.01 Å². The maximum Gasteiger partial charge on any atom is 0.259 e. The summed E-state index contributed by atoms with van der Waals surface area (Å²) in [6.07, 6.45) is 3.28. The van der Waals surface area contributed by atoms with Crippen LogP contribution in [0.2, 0.25) is 0 Å². The lowest BCUT2D eigenvalue weighted by Gasteiger charge is -2.36.